The second-order valence-corrected chi connectivity index (χ2v) is 8.47. The Morgan fingerprint density at radius 3 is 2.29 bits per heavy atom. The van der Waals surface area contributed by atoms with Gasteiger partial charge in [-0.05, 0) is 73.1 Å². The van der Waals surface area contributed by atoms with Crippen LogP contribution in [0.4, 0.5) is 10.2 Å². The van der Waals surface area contributed by atoms with Crippen molar-refractivity contribution in [3.63, 3.8) is 0 Å². The van der Waals surface area contributed by atoms with E-state index in [0.29, 0.717) is 36.6 Å². The second-order valence-electron chi connectivity index (χ2n) is 8.47. The van der Waals surface area contributed by atoms with Gasteiger partial charge in [0.1, 0.15) is 23.4 Å². The Kier molecular flexibility index (Phi) is 8.30. The number of carbonyl (C=O) groups excluding carboxylic acids is 1. The van der Waals surface area contributed by atoms with Crippen LogP contribution in [0.15, 0.2) is 95.8 Å². The van der Waals surface area contributed by atoms with E-state index in [1.807, 2.05) is 6.07 Å². The summed E-state index contributed by atoms with van der Waals surface area (Å²) in [7, 11) is 0. The summed E-state index contributed by atoms with van der Waals surface area (Å²) in [4.78, 5) is 37.0. The van der Waals surface area contributed by atoms with Crippen LogP contribution in [0.25, 0.3) is 5.69 Å². The van der Waals surface area contributed by atoms with Crippen LogP contribution in [0.2, 0.25) is 0 Å². The van der Waals surface area contributed by atoms with Gasteiger partial charge in [0.15, 0.2) is 5.78 Å². The average molecular weight is 516 g/mol. The average Bonchev–Trinajstić information content (AvgIpc) is 2.92. The number of hydrogen-bond donors (Lipinski definition) is 3. The van der Waals surface area contributed by atoms with E-state index in [1.165, 1.54) is 41.0 Å². The van der Waals surface area contributed by atoms with Crippen molar-refractivity contribution in [2.24, 2.45) is 0 Å². The molecule has 9 heteroatoms. The summed E-state index contributed by atoms with van der Waals surface area (Å²) in [6, 6.07) is 22.5. The minimum absolute atomic E-state index is 0.0297. The Morgan fingerprint density at radius 1 is 0.947 bits per heavy atom. The lowest BCUT2D eigenvalue weighted by Gasteiger charge is -2.15. The van der Waals surface area contributed by atoms with Gasteiger partial charge in [-0.3, -0.25) is 19.0 Å². The number of carboxylic acid groups (broad SMARTS) is 1. The minimum atomic E-state index is -0.953. The first-order valence-corrected chi connectivity index (χ1v) is 11.9. The van der Waals surface area contributed by atoms with E-state index in [1.54, 1.807) is 48.5 Å². The van der Waals surface area contributed by atoms with Crippen LogP contribution in [0.3, 0.4) is 0 Å². The SMILES string of the molecule is Nc1c(C(=O)c2ccc(F)cc2)ccc(=O)n1-c1ccc(OCCCNC(C(=O)O)c2ccccc2)cc1. The normalized spacial score (nSPS) is 11.6. The number of hydrogen-bond acceptors (Lipinski definition) is 6. The molecule has 0 amide bonds. The highest BCUT2D eigenvalue weighted by Crippen LogP contribution is 2.21. The van der Waals surface area contributed by atoms with Crippen molar-refractivity contribution in [1.29, 1.82) is 0 Å². The Hall–Kier alpha value is -4.76. The number of nitrogens with zero attached hydrogens (tertiary/aromatic N) is 1. The highest BCUT2D eigenvalue weighted by molar-refractivity contribution is 6.11. The smallest absolute Gasteiger partial charge is 0.325 e. The van der Waals surface area contributed by atoms with Gasteiger partial charge >= 0.3 is 5.97 Å². The maximum Gasteiger partial charge on any atom is 0.325 e. The first-order valence-electron chi connectivity index (χ1n) is 11.9. The number of nitrogens with one attached hydrogen (secondary N) is 1. The monoisotopic (exact) mass is 515 g/mol. The molecule has 1 unspecified atom stereocenters. The second kappa shape index (κ2) is 12.0. The zero-order chi connectivity index (χ0) is 27.1. The Labute approximate surface area is 218 Å². The Bertz CT molecular complexity index is 1470. The summed E-state index contributed by atoms with van der Waals surface area (Å²) < 4.78 is 20.2. The molecular formula is C29H26FN3O5. The molecule has 4 rings (SSSR count). The number of carbonyl (C=O) groups is 2. The van der Waals surface area contributed by atoms with Crippen LogP contribution in [0.1, 0.15) is 33.9 Å². The van der Waals surface area contributed by atoms with E-state index in [0.717, 1.165) is 0 Å². The highest BCUT2D eigenvalue weighted by atomic mass is 19.1. The molecule has 0 aliphatic rings. The van der Waals surface area contributed by atoms with Crippen LogP contribution >= 0.6 is 0 Å². The van der Waals surface area contributed by atoms with E-state index >= 15 is 0 Å². The minimum Gasteiger partial charge on any atom is -0.494 e. The van der Waals surface area contributed by atoms with Crippen LogP contribution in [-0.4, -0.2) is 34.6 Å². The van der Waals surface area contributed by atoms with Gasteiger partial charge in [0.25, 0.3) is 5.56 Å². The summed E-state index contributed by atoms with van der Waals surface area (Å²) >= 11 is 0. The number of benzene rings is 3. The fourth-order valence-electron chi connectivity index (χ4n) is 3.96. The summed E-state index contributed by atoms with van der Waals surface area (Å²) in [6.07, 6.45) is 0.568. The van der Waals surface area contributed by atoms with Gasteiger partial charge < -0.3 is 20.9 Å². The van der Waals surface area contributed by atoms with Gasteiger partial charge in [-0.1, -0.05) is 30.3 Å². The summed E-state index contributed by atoms with van der Waals surface area (Å²) in [5, 5.41) is 12.5. The lowest BCUT2D eigenvalue weighted by atomic mass is 10.0. The molecule has 0 bridgehead atoms. The van der Waals surface area contributed by atoms with Crippen molar-refractivity contribution in [1.82, 2.24) is 9.88 Å². The summed E-state index contributed by atoms with van der Waals surface area (Å²) in [5.41, 5.74) is 7.30. The summed E-state index contributed by atoms with van der Waals surface area (Å²) in [6.45, 7) is 0.780. The predicted molar refractivity (Wildman–Crippen MR) is 141 cm³/mol. The topological polar surface area (TPSA) is 124 Å². The zero-order valence-corrected chi connectivity index (χ0v) is 20.3. The van der Waals surface area contributed by atoms with E-state index < -0.39 is 29.2 Å². The number of rotatable bonds is 11. The van der Waals surface area contributed by atoms with Gasteiger partial charge in [0.05, 0.1) is 17.9 Å². The van der Waals surface area contributed by atoms with Gasteiger partial charge in [0, 0.05) is 11.6 Å². The molecule has 0 saturated heterocycles. The molecule has 194 valence electrons. The quantitative estimate of drug-likeness (QED) is 0.204. The number of ether oxygens (including phenoxy) is 1. The van der Waals surface area contributed by atoms with E-state index in [-0.39, 0.29) is 16.9 Å². The molecule has 1 aromatic heterocycles. The number of ketones is 1. The van der Waals surface area contributed by atoms with Crippen LogP contribution < -0.4 is 21.3 Å². The lowest BCUT2D eigenvalue weighted by Crippen LogP contribution is -2.29. The van der Waals surface area contributed by atoms with Crippen LogP contribution in [-0.2, 0) is 4.79 Å². The highest BCUT2D eigenvalue weighted by Gasteiger charge is 2.19. The lowest BCUT2D eigenvalue weighted by molar-refractivity contribution is -0.139. The van der Waals surface area contributed by atoms with Crippen molar-refractivity contribution in [3.8, 4) is 11.4 Å². The first kappa shape index (κ1) is 26.3. The molecule has 4 aromatic rings. The third kappa shape index (κ3) is 6.13. The van der Waals surface area contributed by atoms with Crippen molar-refractivity contribution in [3.05, 3.63) is 124 Å². The molecule has 0 aliphatic heterocycles. The number of halogens is 1. The van der Waals surface area contributed by atoms with E-state index in [2.05, 4.69) is 5.32 Å². The largest absolute Gasteiger partial charge is 0.494 e. The number of aromatic nitrogens is 1. The fraction of sp³-hybridized carbons (Fsp3) is 0.138. The van der Waals surface area contributed by atoms with Crippen LogP contribution in [0, 0.1) is 5.82 Å². The molecule has 8 nitrogen and oxygen atoms in total. The molecule has 0 spiro atoms. The number of carboxylic acids is 1. The predicted octanol–water partition coefficient (Wildman–Crippen LogP) is 3.97. The Balaban J connectivity index is 1.38. The molecule has 4 N–H and O–H groups in total. The molecular weight excluding hydrogens is 489 g/mol. The molecule has 3 aromatic carbocycles. The molecule has 1 atom stereocenters. The van der Waals surface area contributed by atoms with Crippen LogP contribution in [0.5, 0.6) is 5.75 Å². The van der Waals surface area contributed by atoms with Gasteiger partial charge in [-0.2, -0.15) is 0 Å². The first-order chi connectivity index (χ1) is 18.3. The van der Waals surface area contributed by atoms with Gasteiger partial charge in [-0.15, -0.1) is 0 Å². The molecule has 0 saturated carbocycles. The summed E-state index contributed by atoms with van der Waals surface area (Å²) in [5.74, 6) is -1.32. The number of nitrogens with two attached hydrogens (primary N) is 1. The van der Waals surface area contributed by atoms with E-state index in [4.69, 9.17) is 10.5 Å². The molecule has 0 fully saturated rings. The molecule has 0 aliphatic carbocycles. The van der Waals surface area contributed by atoms with Gasteiger partial charge in [0.2, 0.25) is 0 Å². The maximum absolute atomic E-state index is 13.2. The van der Waals surface area contributed by atoms with Gasteiger partial charge in [-0.25, -0.2) is 4.39 Å². The number of pyridine rings is 1. The maximum atomic E-state index is 13.2. The third-order valence-electron chi connectivity index (χ3n) is 5.89. The number of nitrogen functional groups attached to an aromatic ring is 1. The fourth-order valence-corrected chi connectivity index (χ4v) is 3.96. The standard InChI is InChI=1S/C29H26FN3O5/c30-21-9-7-20(8-10-21)27(35)24-15-16-25(34)33(28(24)31)22-11-13-23(14-12-22)38-18-4-17-32-26(29(36)37)19-5-2-1-3-6-19/h1-3,5-16,26,32H,4,17-18,31H2,(H,36,37). The zero-order valence-electron chi connectivity index (χ0n) is 20.3. The van der Waals surface area contributed by atoms with E-state index in [9.17, 15) is 23.9 Å². The van der Waals surface area contributed by atoms with Crippen molar-refractivity contribution < 1.29 is 23.8 Å². The van der Waals surface area contributed by atoms with Crippen molar-refractivity contribution >= 4 is 17.6 Å². The third-order valence-corrected chi connectivity index (χ3v) is 5.89. The molecule has 0 radical (unpaired) electrons. The van der Waals surface area contributed by atoms with Crippen molar-refractivity contribution in [2.75, 3.05) is 18.9 Å². The molecule has 1 heterocycles. The Morgan fingerprint density at radius 2 is 1.63 bits per heavy atom. The molecule has 38 heavy (non-hydrogen) atoms. The number of aliphatic carboxylic acids is 1. The number of anilines is 1. The van der Waals surface area contributed by atoms with Crippen molar-refractivity contribution in [2.45, 2.75) is 12.5 Å².